The van der Waals surface area contributed by atoms with Crippen molar-refractivity contribution in [1.29, 1.82) is 0 Å². The molecular formula is C12H17NO2. The quantitative estimate of drug-likeness (QED) is 0.512. The van der Waals surface area contributed by atoms with E-state index in [1.165, 1.54) is 0 Å². The van der Waals surface area contributed by atoms with E-state index in [-0.39, 0.29) is 5.78 Å². The third-order valence-electron chi connectivity index (χ3n) is 2.71. The number of Topliss-reactive ketones (excluding diaryl/α,β-unsaturated/α-hetero) is 1. The summed E-state index contributed by atoms with van der Waals surface area (Å²) in [6.45, 7) is 11.2. The minimum absolute atomic E-state index is 0.0165. The second kappa shape index (κ2) is 3.66. The summed E-state index contributed by atoms with van der Waals surface area (Å²) in [4.78, 5) is 12.1. The molecule has 2 N–H and O–H groups in total. The van der Waals surface area contributed by atoms with Crippen molar-refractivity contribution in [3.63, 3.8) is 0 Å². The fourth-order valence-corrected chi connectivity index (χ4v) is 1.80. The molecule has 0 bridgehead atoms. The van der Waals surface area contributed by atoms with Crippen LogP contribution in [0.25, 0.3) is 0 Å². The van der Waals surface area contributed by atoms with E-state index in [2.05, 4.69) is 6.58 Å². The monoisotopic (exact) mass is 207 g/mol. The van der Waals surface area contributed by atoms with E-state index in [0.29, 0.717) is 16.8 Å². The van der Waals surface area contributed by atoms with Crippen molar-refractivity contribution >= 4 is 5.78 Å². The summed E-state index contributed by atoms with van der Waals surface area (Å²) in [5.74, 6) is -0.0165. The standard InChI is InChI=1S/C12H17NO2/c1-7-6-12(4,5)11(14)10(8(7)2)9(3)13-15/h6,13,15H,2H2,1,3-5H3/b10-9-. The maximum Gasteiger partial charge on any atom is 0.174 e. The molecule has 0 atom stereocenters. The number of ketones is 1. The number of rotatable bonds is 1. The Morgan fingerprint density at radius 3 is 2.53 bits per heavy atom. The normalized spacial score (nSPS) is 23.7. The summed E-state index contributed by atoms with van der Waals surface area (Å²) >= 11 is 0. The Bertz CT molecular complexity index is 386. The number of hydrogen-bond acceptors (Lipinski definition) is 3. The molecule has 3 heteroatoms. The lowest BCUT2D eigenvalue weighted by Gasteiger charge is -2.29. The third kappa shape index (κ3) is 1.88. The summed E-state index contributed by atoms with van der Waals surface area (Å²) in [6, 6.07) is 0. The number of carbonyl (C=O) groups excluding carboxylic acids is 1. The maximum absolute atomic E-state index is 12.1. The zero-order valence-corrected chi connectivity index (χ0v) is 9.64. The predicted octanol–water partition coefficient (Wildman–Crippen LogP) is 2.35. The van der Waals surface area contributed by atoms with Gasteiger partial charge >= 0.3 is 0 Å². The van der Waals surface area contributed by atoms with Crippen molar-refractivity contribution in [2.75, 3.05) is 0 Å². The molecule has 0 aliphatic heterocycles. The van der Waals surface area contributed by atoms with Gasteiger partial charge in [0.15, 0.2) is 5.78 Å². The van der Waals surface area contributed by atoms with Gasteiger partial charge in [0.25, 0.3) is 0 Å². The maximum atomic E-state index is 12.1. The fraction of sp³-hybridized carbons (Fsp3) is 0.417. The number of hydrogen-bond donors (Lipinski definition) is 2. The molecule has 0 fully saturated rings. The van der Waals surface area contributed by atoms with Gasteiger partial charge in [-0.25, -0.2) is 0 Å². The topological polar surface area (TPSA) is 49.3 Å². The van der Waals surface area contributed by atoms with Crippen LogP contribution in [0.15, 0.2) is 35.1 Å². The Morgan fingerprint density at radius 1 is 1.53 bits per heavy atom. The SMILES string of the molecule is C=C1C(C)=CC(C)(C)C(=O)/C1=C(/C)NO. The Kier molecular flexibility index (Phi) is 2.86. The largest absolute Gasteiger partial charge is 0.293 e. The molecule has 0 aromatic carbocycles. The molecule has 1 aliphatic carbocycles. The van der Waals surface area contributed by atoms with Gasteiger partial charge < -0.3 is 0 Å². The van der Waals surface area contributed by atoms with Crippen molar-refractivity contribution in [1.82, 2.24) is 5.48 Å². The van der Waals surface area contributed by atoms with E-state index < -0.39 is 5.41 Å². The van der Waals surface area contributed by atoms with Gasteiger partial charge in [-0.15, -0.1) is 0 Å². The van der Waals surface area contributed by atoms with Crippen LogP contribution in [-0.4, -0.2) is 11.0 Å². The highest BCUT2D eigenvalue weighted by Gasteiger charge is 2.35. The highest BCUT2D eigenvalue weighted by atomic mass is 16.5. The van der Waals surface area contributed by atoms with Crippen molar-refractivity contribution < 1.29 is 10.0 Å². The fourth-order valence-electron chi connectivity index (χ4n) is 1.80. The molecule has 0 amide bonds. The van der Waals surface area contributed by atoms with Gasteiger partial charge in [-0.2, -0.15) is 0 Å². The summed E-state index contributed by atoms with van der Waals surface area (Å²) in [7, 11) is 0. The van der Waals surface area contributed by atoms with Crippen molar-refractivity contribution in [3.05, 3.63) is 35.1 Å². The Hall–Kier alpha value is -1.35. The summed E-state index contributed by atoms with van der Waals surface area (Å²) < 4.78 is 0. The molecule has 3 nitrogen and oxygen atoms in total. The minimum Gasteiger partial charge on any atom is -0.293 e. The van der Waals surface area contributed by atoms with Crippen molar-refractivity contribution in [2.24, 2.45) is 5.41 Å². The average Bonchev–Trinajstić information content (AvgIpc) is 2.14. The Morgan fingerprint density at radius 2 is 2.07 bits per heavy atom. The molecule has 82 valence electrons. The zero-order valence-electron chi connectivity index (χ0n) is 9.64. The van der Waals surface area contributed by atoms with Crippen LogP contribution in [-0.2, 0) is 4.79 Å². The molecule has 0 saturated carbocycles. The van der Waals surface area contributed by atoms with Crippen molar-refractivity contribution in [2.45, 2.75) is 27.7 Å². The number of nitrogens with one attached hydrogen (secondary N) is 1. The third-order valence-corrected chi connectivity index (χ3v) is 2.71. The Labute approximate surface area is 90.1 Å². The molecule has 0 radical (unpaired) electrons. The molecule has 0 unspecified atom stereocenters. The first kappa shape index (κ1) is 11.7. The second-order valence-electron chi connectivity index (χ2n) is 4.47. The molecule has 15 heavy (non-hydrogen) atoms. The van der Waals surface area contributed by atoms with Crippen LogP contribution in [0.4, 0.5) is 0 Å². The average molecular weight is 207 g/mol. The summed E-state index contributed by atoms with van der Waals surface area (Å²) in [5, 5.41) is 8.86. The lowest BCUT2D eigenvalue weighted by Crippen LogP contribution is -2.31. The molecule has 0 heterocycles. The van der Waals surface area contributed by atoms with Crippen LogP contribution in [0.1, 0.15) is 27.7 Å². The first-order valence-electron chi connectivity index (χ1n) is 4.86. The van der Waals surface area contributed by atoms with E-state index in [1.807, 2.05) is 32.3 Å². The van der Waals surface area contributed by atoms with E-state index in [4.69, 9.17) is 5.21 Å². The highest BCUT2D eigenvalue weighted by Crippen LogP contribution is 2.36. The van der Waals surface area contributed by atoms with Gasteiger partial charge in [0.1, 0.15) is 0 Å². The van der Waals surface area contributed by atoms with Crippen LogP contribution in [0.3, 0.4) is 0 Å². The van der Waals surface area contributed by atoms with Gasteiger partial charge in [0.2, 0.25) is 0 Å². The molecule has 0 aromatic rings. The highest BCUT2D eigenvalue weighted by molar-refractivity contribution is 6.07. The van der Waals surface area contributed by atoms with E-state index in [1.54, 1.807) is 6.92 Å². The summed E-state index contributed by atoms with van der Waals surface area (Å²) in [6.07, 6.45) is 1.91. The van der Waals surface area contributed by atoms with Gasteiger partial charge in [-0.05, 0) is 38.8 Å². The zero-order chi connectivity index (χ0) is 11.8. The van der Waals surface area contributed by atoms with Crippen LogP contribution in [0, 0.1) is 5.41 Å². The van der Waals surface area contributed by atoms with E-state index in [9.17, 15) is 4.79 Å². The van der Waals surface area contributed by atoms with Crippen LogP contribution >= 0.6 is 0 Å². The van der Waals surface area contributed by atoms with Crippen molar-refractivity contribution in [3.8, 4) is 0 Å². The summed E-state index contributed by atoms with van der Waals surface area (Å²) in [5.41, 5.74) is 4.09. The van der Waals surface area contributed by atoms with Crippen LogP contribution in [0.2, 0.25) is 0 Å². The van der Waals surface area contributed by atoms with Gasteiger partial charge in [-0.3, -0.25) is 15.5 Å². The number of carbonyl (C=O) groups is 1. The molecule has 0 spiro atoms. The minimum atomic E-state index is -0.529. The lowest BCUT2D eigenvalue weighted by atomic mass is 9.73. The first-order valence-corrected chi connectivity index (χ1v) is 4.86. The van der Waals surface area contributed by atoms with Crippen LogP contribution < -0.4 is 5.48 Å². The number of hydroxylamine groups is 1. The number of allylic oxidation sites excluding steroid dienone is 5. The van der Waals surface area contributed by atoms with Gasteiger partial charge in [0.05, 0.1) is 0 Å². The van der Waals surface area contributed by atoms with Gasteiger partial charge in [0, 0.05) is 16.7 Å². The molecule has 1 rings (SSSR count). The lowest BCUT2D eigenvalue weighted by molar-refractivity contribution is -0.121. The Balaban J connectivity index is 3.40. The molecule has 0 aromatic heterocycles. The first-order chi connectivity index (χ1) is 6.81. The predicted molar refractivity (Wildman–Crippen MR) is 59.3 cm³/mol. The molecular weight excluding hydrogens is 190 g/mol. The smallest absolute Gasteiger partial charge is 0.174 e. The van der Waals surface area contributed by atoms with Crippen LogP contribution in [0.5, 0.6) is 0 Å². The molecule has 1 aliphatic rings. The second-order valence-corrected chi connectivity index (χ2v) is 4.47. The van der Waals surface area contributed by atoms with E-state index >= 15 is 0 Å². The van der Waals surface area contributed by atoms with E-state index in [0.717, 1.165) is 5.57 Å². The molecule has 0 saturated heterocycles. The van der Waals surface area contributed by atoms with Gasteiger partial charge in [-0.1, -0.05) is 12.7 Å².